The molecule has 1 aliphatic rings. The van der Waals surface area contributed by atoms with Crippen LogP contribution < -0.4 is 5.73 Å². The van der Waals surface area contributed by atoms with Crippen LogP contribution in [0.4, 0.5) is 5.82 Å². The number of halogens is 2. The van der Waals surface area contributed by atoms with Crippen LogP contribution in [0.5, 0.6) is 0 Å². The Morgan fingerprint density at radius 2 is 2.23 bits per heavy atom. The molecule has 1 saturated heterocycles. The zero-order chi connectivity index (χ0) is 16.1. The number of nitrogens with zero attached hydrogens (tertiary/aromatic N) is 4. The van der Waals surface area contributed by atoms with Gasteiger partial charge in [-0.25, -0.2) is 9.50 Å². The number of nitriles is 1. The largest absolute Gasteiger partial charge is 0.394 e. The highest BCUT2D eigenvalue weighted by atomic mass is 79.9. The van der Waals surface area contributed by atoms with E-state index in [2.05, 4.69) is 48.0 Å². The number of alkyl halides is 2. The number of hydrogen-bond acceptors (Lipinski definition) is 7. The van der Waals surface area contributed by atoms with Gasteiger partial charge in [0.2, 0.25) is 5.60 Å². The molecule has 3 rings (SSSR count). The molecular weight excluding hydrogens is 422 g/mol. The molecule has 2 aromatic heterocycles. The van der Waals surface area contributed by atoms with Gasteiger partial charge in [0.1, 0.15) is 30.1 Å². The van der Waals surface area contributed by atoms with Crippen LogP contribution in [0.2, 0.25) is 0 Å². The monoisotopic (exact) mass is 431 g/mol. The Hall–Kier alpha value is -1.25. The van der Waals surface area contributed by atoms with Crippen molar-refractivity contribution in [3.05, 3.63) is 24.2 Å². The van der Waals surface area contributed by atoms with E-state index in [1.54, 1.807) is 12.1 Å². The molecule has 0 radical (unpaired) electrons. The fourth-order valence-electron chi connectivity index (χ4n) is 2.56. The summed E-state index contributed by atoms with van der Waals surface area (Å²) in [6, 6.07) is 5.34. The van der Waals surface area contributed by atoms with E-state index in [1.165, 1.54) is 10.8 Å². The molecule has 3 heterocycles. The number of aliphatic hydroxyl groups excluding tert-OH is 2. The molecular formula is C12H11Br2N5O3. The molecule has 0 amide bonds. The summed E-state index contributed by atoms with van der Waals surface area (Å²) in [5, 5.41) is 33.5. The zero-order valence-electron chi connectivity index (χ0n) is 11.0. The van der Waals surface area contributed by atoms with Crippen LogP contribution in [0.25, 0.3) is 5.52 Å². The van der Waals surface area contributed by atoms with E-state index in [0.29, 0.717) is 11.2 Å². The number of nitrogen functional groups attached to an aromatic ring is 1. The second-order valence-corrected chi connectivity index (χ2v) is 8.43. The van der Waals surface area contributed by atoms with Crippen LogP contribution in [0.3, 0.4) is 0 Å². The SMILES string of the molecule is N#C[C@@]1(c2ccc3c(N)ncnn23)O[C@H](CO)[C@H](O)C1(Br)Br. The lowest BCUT2D eigenvalue weighted by molar-refractivity contribution is -0.0519. The molecule has 0 aromatic carbocycles. The maximum Gasteiger partial charge on any atom is 0.224 e. The molecule has 0 aliphatic carbocycles. The van der Waals surface area contributed by atoms with E-state index in [9.17, 15) is 15.5 Å². The maximum atomic E-state index is 10.3. The summed E-state index contributed by atoms with van der Waals surface area (Å²) in [6.07, 6.45) is -0.847. The van der Waals surface area contributed by atoms with E-state index < -0.39 is 27.6 Å². The van der Waals surface area contributed by atoms with Crippen molar-refractivity contribution in [1.82, 2.24) is 14.6 Å². The predicted octanol–water partition coefficient (Wildman–Crippen LogP) is 0.268. The third-order valence-electron chi connectivity index (χ3n) is 3.70. The fraction of sp³-hybridized carbons (Fsp3) is 0.417. The molecule has 10 heteroatoms. The van der Waals surface area contributed by atoms with E-state index >= 15 is 0 Å². The fourth-order valence-corrected chi connectivity index (χ4v) is 3.92. The number of hydrogen-bond donors (Lipinski definition) is 3. The quantitative estimate of drug-likeness (QED) is 0.580. The van der Waals surface area contributed by atoms with Gasteiger partial charge in [-0.15, -0.1) is 0 Å². The Morgan fingerprint density at radius 3 is 2.82 bits per heavy atom. The van der Waals surface area contributed by atoms with E-state index in [4.69, 9.17) is 10.5 Å². The summed E-state index contributed by atoms with van der Waals surface area (Å²) < 4.78 is 5.79. The first-order valence-electron chi connectivity index (χ1n) is 6.23. The van der Waals surface area contributed by atoms with Gasteiger partial charge >= 0.3 is 0 Å². The minimum atomic E-state index is -1.63. The highest BCUT2D eigenvalue weighted by molar-refractivity contribution is 9.25. The van der Waals surface area contributed by atoms with E-state index in [-0.39, 0.29) is 5.82 Å². The Bertz CT molecular complexity index is 774. The minimum absolute atomic E-state index is 0.251. The van der Waals surface area contributed by atoms with Crippen molar-refractivity contribution in [3.63, 3.8) is 0 Å². The summed E-state index contributed by atoms with van der Waals surface area (Å²) in [6.45, 7) is -0.440. The molecule has 2 aromatic rings. The Balaban J connectivity index is 2.27. The summed E-state index contributed by atoms with van der Waals surface area (Å²) >= 11 is 6.64. The molecule has 116 valence electrons. The molecule has 22 heavy (non-hydrogen) atoms. The minimum Gasteiger partial charge on any atom is -0.394 e. The molecule has 1 fully saturated rings. The second-order valence-electron chi connectivity index (χ2n) is 4.86. The zero-order valence-corrected chi connectivity index (χ0v) is 14.2. The van der Waals surface area contributed by atoms with Crippen molar-refractivity contribution in [2.24, 2.45) is 0 Å². The van der Waals surface area contributed by atoms with Gasteiger partial charge in [-0.3, -0.25) is 0 Å². The molecule has 3 atom stereocenters. The third kappa shape index (κ3) is 1.83. The predicted molar refractivity (Wildman–Crippen MR) is 83.2 cm³/mol. The average molecular weight is 433 g/mol. The van der Waals surface area contributed by atoms with Crippen LogP contribution in [0.1, 0.15) is 5.69 Å². The van der Waals surface area contributed by atoms with Gasteiger partial charge in [0.15, 0.2) is 9.05 Å². The van der Waals surface area contributed by atoms with Crippen molar-refractivity contribution < 1.29 is 14.9 Å². The first-order valence-corrected chi connectivity index (χ1v) is 7.82. The number of aliphatic hydroxyl groups is 2. The molecule has 1 aliphatic heterocycles. The smallest absolute Gasteiger partial charge is 0.224 e. The molecule has 4 N–H and O–H groups in total. The number of ether oxygens (including phenoxy) is 1. The second kappa shape index (κ2) is 5.14. The van der Waals surface area contributed by atoms with Crippen molar-refractivity contribution in [3.8, 4) is 6.07 Å². The van der Waals surface area contributed by atoms with Crippen molar-refractivity contribution in [2.45, 2.75) is 21.0 Å². The van der Waals surface area contributed by atoms with Crippen LogP contribution in [0.15, 0.2) is 18.5 Å². The average Bonchev–Trinajstić information content (AvgIpc) is 3.01. The van der Waals surface area contributed by atoms with Gasteiger partial charge in [0.05, 0.1) is 12.3 Å². The van der Waals surface area contributed by atoms with Crippen LogP contribution in [-0.4, -0.2) is 46.9 Å². The topological polar surface area (TPSA) is 130 Å². The van der Waals surface area contributed by atoms with Gasteiger partial charge in [-0.05, 0) is 12.1 Å². The summed E-state index contributed by atoms with van der Waals surface area (Å²) in [4.78, 5) is 3.89. The lowest BCUT2D eigenvalue weighted by Gasteiger charge is -2.31. The van der Waals surface area contributed by atoms with Gasteiger partial charge < -0.3 is 20.7 Å². The molecule has 0 saturated carbocycles. The highest BCUT2D eigenvalue weighted by Gasteiger charge is 2.66. The van der Waals surface area contributed by atoms with Crippen molar-refractivity contribution in [1.29, 1.82) is 5.26 Å². The number of anilines is 1. The standard InChI is InChI=1S/C12H11Br2N5O3/c13-12(14)9(21)7(3-20)22-11(12,4-15)8-2-1-6-10(16)17-5-18-19(6)8/h1-2,5,7,9,20-21H,3H2,(H2,16,17,18)/t7-,9+,11+/m1/s1. The van der Waals surface area contributed by atoms with E-state index in [1.807, 2.05) is 0 Å². The molecule has 8 nitrogen and oxygen atoms in total. The van der Waals surface area contributed by atoms with Gasteiger partial charge in [0, 0.05) is 0 Å². The molecule has 0 unspecified atom stereocenters. The summed E-state index contributed by atoms with van der Waals surface area (Å²) in [5.74, 6) is 0.251. The number of fused-ring (bicyclic) bond motifs is 1. The first kappa shape index (κ1) is 15.6. The Labute approximate surface area is 141 Å². The number of aromatic nitrogens is 3. The molecule has 0 spiro atoms. The Morgan fingerprint density at radius 1 is 1.50 bits per heavy atom. The third-order valence-corrected chi connectivity index (χ3v) is 5.76. The van der Waals surface area contributed by atoms with E-state index in [0.717, 1.165) is 0 Å². The summed E-state index contributed by atoms with van der Waals surface area (Å²) in [7, 11) is 0. The number of rotatable bonds is 2. The Kier molecular flexibility index (Phi) is 3.65. The van der Waals surface area contributed by atoms with Gasteiger partial charge in [-0.1, -0.05) is 31.9 Å². The maximum absolute atomic E-state index is 10.3. The van der Waals surface area contributed by atoms with Crippen molar-refractivity contribution in [2.75, 3.05) is 12.3 Å². The normalized spacial score (nSPS) is 30.5. The van der Waals surface area contributed by atoms with Crippen LogP contribution >= 0.6 is 31.9 Å². The molecule has 0 bridgehead atoms. The highest BCUT2D eigenvalue weighted by Crippen LogP contribution is 2.55. The van der Waals surface area contributed by atoms with Crippen molar-refractivity contribution >= 4 is 43.2 Å². The lowest BCUT2D eigenvalue weighted by atomic mass is 9.95. The lowest BCUT2D eigenvalue weighted by Crippen LogP contribution is -2.44. The van der Waals surface area contributed by atoms with Crippen LogP contribution in [-0.2, 0) is 10.3 Å². The van der Waals surface area contributed by atoms with Gasteiger partial charge in [-0.2, -0.15) is 10.4 Å². The van der Waals surface area contributed by atoms with Crippen LogP contribution in [0, 0.1) is 11.3 Å². The number of nitrogens with two attached hydrogens (primary N) is 1. The summed E-state index contributed by atoms with van der Waals surface area (Å²) in [5.41, 5.74) is 5.02. The first-order chi connectivity index (χ1) is 10.4. The van der Waals surface area contributed by atoms with Gasteiger partial charge in [0.25, 0.3) is 0 Å².